The predicted octanol–water partition coefficient (Wildman–Crippen LogP) is 2.38. The van der Waals surface area contributed by atoms with Crippen LogP contribution in [0.15, 0.2) is 16.8 Å². The maximum atomic E-state index is 12.2. The molecule has 2 saturated carbocycles. The molecule has 0 aromatic carbocycles. The van der Waals surface area contributed by atoms with E-state index in [0.29, 0.717) is 23.9 Å². The number of nitrogens with two attached hydrogens (primary N) is 1. The van der Waals surface area contributed by atoms with Crippen LogP contribution < -0.4 is 11.1 Å². The van der Waals surface area contributed by atoms with Gasteiger partial charge in [0.2, 0.25) is 0 Å². The van der Waals surface area contributed by atoms with Gasteiger partial charge in [-0.1, -0.05) is 6.42 Å². The van der Waals surface area contributed by atoms with E-state index in [4.69, 9.17) is 5.73 Å². The van der Waals surface area contributed by atoms with Gasteiger partial charge < -0.3 is 11.1 Å². The van der Waals surface area contributed by atoms with Crippen molar-refractivity contribution in [2.45, 2.75) is 44.2 Å². The van der Waals surface area contributed by atoms with Gasteiger partial charge in [0.05, 0.1) is 0 Å². The lowest BCUT2D eigenvalue weighted by Crippen LogP contribution is -2.53. The van der Waals surface area contributed by atoms with Crippen LogP contribution >= 0.6 is 11.3 Å². The first-order chi connectivity index (χ1) is 8.74. The van der Waals surface area contributed by atoms with Crippen molar-refractivity contribution in [2.75, 3.05) is 0 Å². The van der Waals surface area contributed by atoms with Crippen molar-refractivity contribution in [3.63, 3.8) is 0 Å². The zero-order valence-corrected chi connectivity index (χ0v) is 11.3. The summed E-state index contributed by atoms with van der Waals surface area (Å²) in [5.41, 5.74) is 6.90. The van der Waals surface area contributed by atoms with Gasteiger partial charge in [-0.2, -0.15) is 11.3 Å². The monoisotopic (exact) mass is 264 g/mol. The highest BCUT2D eigenvalue weighted by molar-refractivity contribution is 7.08. The molecule has 18 heavy (non-hydrogen) atoms. The standard InChI is InChI=1S/C14H20N2OS/c15-12-6-9-2-1-3-10(7-12)13(9)16-14(17)11-4-5-18-8-11/h4-5,8-10,12-13H,1-3,6-7,15H2,(H,16,17). The van der Waals surface area contributed by atoms with E-state index in [0.717, 1.165) is 18.4 Å². The van der Waals surface area contributed by atoms with E-state index in [-0.39, 0.29) is 5.91 Å². The van der Waals surface area contributed by atoms with E-state index < -0.39 is 0 Å². The van der Waals surface area contributed by atoms with E-state index in [1.807, 2.05) is 16.8 Å². The molecular formula is C14H20N2OS. The molecule has 2 unspecified atom stereocenters. The molecular weight excluding hydrogens is 244 g/mol. The second-order valence-electron chi connectivity index (χ2n) is 5.69. The number of carbonyl (C=O) groups excluding carboxylic acids is 1. The van der Waals surface area contributed by atoms with Gasteiger partial charge in [-0.15, -0.1) is 0 Å². The lowest BCUT2D eigenvalue weighted by atomic mass is 9.67. The van der Waals surface area contributed by atoms with Crippen molar-refractivity contribution >= 4 is 17.2 Å². The second kappa shape index (κ2) is 5.02. The number of rotatable bonds is 2. The van der Waals surface area contributed by atoms with Gasteiger partial charge in [0.15, 0.2) is 0 Å². The van der Waals surface area contributed by atoms with Crippen molar-refractivity contribution in [1.82, 2.24) is 5.32 Å². The third-order valence-corrected chi connectivity index (χ3v) is 5.14. The molecule has 2 bridgehead atoms. The first-order valence-electron chi connectivity index (χ1n) is 6.82. The van der Waals surface area contributed by atoms with Crippen molar-refractivity contribution < 1.29 is 4.79 Å². The largest absolute Gasteiger partial charge is 0.349 e. The Hall–Kier alpha value is -0.870. The molecule has 98 valence electrons. The van der Waals surface area contributed by atoms with Crippen LogP contribution in [0.5, 0.6) is 0 Å². The van der Waals surface area contributed by atoms with Crippen molar-refractivity contribution in [3.8, 4) is 0 Å². The average Bonchev–Trinajstić information content (AvgIpc) is 2.83. The fourth-order valence-corrected chi connectivity index (χ4v) is 4.29. The summed E-state index contributed by atoms with van der Waals surface area (Å²) in [6.07, 6.45) is 5.89. The second-order valence-corrected chi connectivity index (χ2v) is 6.47. The highest BCUT2D eigenvalue weighted by Crippen LogP contribution is 2.39. The number of hydrogen-bond acceptors (Lipinski definition) is 3. The molecule has 0 aliphatic heterocycles. The summed E-state index contributed by atoms with van der Waals surface area (Å²) < 4.78 is 0. The number of hydrogen-bond donors (Lipinski definition) is 2. The Kier molecular flexibility index (Phi) is 3.39. The summed E-state index contributed by atoms with van der Waals surface area (Å²) >= 11 is 1.57. The topological polar surface area (TPSA) is 55.1 Å². The highest BCUT2D eigenvalue weighted by Gasteiger charge is 2.39. The molecule has 1 amide bonds. The Morgan fingerprint density at radius 1 is 1.33 bits per heavy atom. The molecule has 2 aliphatic rings. The van der Waals surface area contributed by atoms with Crippen LogP contribution in [-0.2, 0) is 0 Å². The van der Waals surface area contributed by atoms with E-state index in [1.54, 1.807) is 11.3 Å². The minimum absolute atomic E-state index is 0.0913. The summed E-state index contributed by atoms with van der Waals surface area (Å²) in [6.45, 7) is 0. The van der Waals surface area contributed by atoms with Gasteiger partial charge in [-0.25, -0.2) is 0 Å². The predicted molar refractivity (Wildman–Crippen MR) is 73.6 cm³/mol. The molecule has 0 radical (unpaired) electrons. The maximum absolute atomic E-state index is 12.2. The molecule has 0 spiro atoms. The first kappa shape index (κ1) is 12.2. The average molecular weight is 264 g/mol. The molecule has 3 nitrogen and oxygen atoms in total. The third kappa shape index (κ3) is 2.31. The molecule has 3 rings (SSSR count). The number of amides is 1. The minimum Gasteiger partial charge on any atom is -0.349 e. The molecule has 2 atom stereocenters. The minimum atomic E-state index is 0.0913. The Bertz CT molecular complexity index is 403. The van der Waals surface area contributed by atoms with Crippen LogP contribution in [0.4, 0.5) is 0 Å². The number of nitrogens with one attached hydrogen (secondary N) is 1. The molecule has 1 aromatic rings. The van der Waals surface area contributed by atoms with Crippen LogP contribution in [0.2, 0.25) is 0 Å². The normalized spacial score (nSPS) is 35.2. The summed E-state index contributed by atoms with van der Waals surface area (Å²) in [6, 6.07) is 2.59. The summed E-state index contributed by atoms with van der Waals surface area (Å²) in [5.74, 6) is 1.28. The molecule has 3 N–H and O–H groups in total. The van der Waals surface area contributed by atoms with Crippen molar-refractivity contribution in [1.29, 1.82) is 0 Å². The van der Waals surface area contributed by atoms with Crippen LogP contribution in [0, 0.1) is 11.8 Å². The molecule has 1 heterocycles. The number of carbonyl (C=O) groups is 1. The first-order valence-corrected chi connectivity index (χ1v) is 7.77. The van der Waals surface area contributed by atoms with E-state index in [1.165, 1.54) is 19.3 Å². The van der Waals surface area contributed by atoms with E-state index >= 15 is 0 Å². The zero-order valence-electron chi connectivity index (χ0n) is 10.5. The Morgan fingerprint density at radius 3 is 2.67 bits per heavy atom. The number of fused-ring (bicyclic) bond motifs is 2. The van der Waals surface area contributed by atoms with Crippen LogP contribution in [0.25, 0.3) is 0 Å². The van der Waals surface area contributed by atoms with Gasteiger partial charge >= 0.3 is 0 Å². The molecule has 0 saturated heterocycles. The Labute approximate surface area is 112 Å². The zero-order chi connectivity index (χ0) is 12.5. The van der Waals surface area contributed by atoms with E-state index in [2.05, 4.69) is 5.32 Å². The molecule has 2 aliphatic carbocycles. The van der Waals surface area contributed by atoms with Crippen LogP contribution in [0.1, 0.15) is 42.5 Å². The number of thiophene rings is 1. The molecule has 2 fully saturated rings. The van der Waals surface area contributed by atoms with E-state index in [9.17, 15) is 4.79 Å². The lowest BCUT2D eigenvalue weighted by Gasteiger charge is -2.45. The van der Waals surface area contributed by atoms with Gasteiger partial charge in [0.25, 0.3) is 5.91 Å². The molecule has 4 heteroatoms. The van der Waals surface area contributed by atoms with Gasteiger partial charge in [-0.3, -0.25) is 4.79 Å². The van der Waals surface area contributed by atoms with Crippen LogP contribution in [0.3, 0.4) is 0 Å². The smallest absolute Gasteiger partial charge is 0.252 e. The lowest BCUT2D eigenvalue weighted by molar-refractivity contribution is 0.0756. The maximum Gasteiger partial charge on any atom is 0.252 e. The fourth-order valence-electron chi connectivity index (χ4n) is 3.65. The summed E-state index contributed by atoms with van der Waals surface area (Å²) in [5, 5.41) is 7.12. The van der Waals surface area contributed by atoms with Gasteiger partial charge in [0.1, 0.15) is 0 Å². The molecule has 1 aromatic heterocycles. The van der Waals surface area contributed by atoms with Gasteiger partial charge in [0, 0.05) is 23.0 Å². The SMILES string of the molecule is NC1CC2CCCC(C1)C2NC(=O)c1ccsc1. The quantitative estimate of drug-likeness (QED) is 0.861. The Balaban J connectivity index is 1.70. The van der Waals surface area contributed by atoms with Crippen molar-refractivity contribution in [2.24, 2.45) is 17.6 Å². The van der Waals surface area contributed by atoms with Gasteiger partial charge in [-0.05, 0) is 49.0 Å². The fraction of sp³-hybridized carbons (Fsp3) is 0.643. The van der Waals surface area contributed by atoms with Crippen LogP contribution in [-0.4, -0.2) is 18.0 Å². The summed E-state index contributed by atoms with van der Waals surface area (Å²) in [4.78, 5) is 12.2. The summed E-state index contributed by atoms with van der Waals surface area (Å²) in [7, 11) is 0. The third-order valence-electron chi connectivity index (χ3n) is 4.46. The van der Waals surface area contributed by atoms with Crippen molar-refractivity contribution in [3.05, 3.63) is 22.4 Å². The Morgan fingerprint density at radius 2 is 2.06 bits per heavy atom. The highest BCUT2D eigenvalue weighted by atomic mass is 32.1.